The third kappa shape index (κ3) is 3.06. The molecular weight excluding hydrogens is 278 g/mol. The third-order valence-corrected chi connectivity index (χ3v) is 4.62. The van der Waals surface area contributed by atoms with Crippen LogP contribution in [0.4, 0.5) is 0 Å². The van der Waals surface area contributed by atoms with Gasteiger partial charge in [0.2, 0.25) is 10.0 Å². The molecule has 0 aliphatic carbocycles. The normalized spacial score (nSPS) is 11.8. The van der Waals surface area contributed by atoms with Crippen molar-refractivity contribution >= 4 is 10.0 Å². The lowest BCUT2D eigenvalue weighted by Gasteiger charge is -2.12. The van der Waals surface area contributed by atoms with Gasteiger partial charge in [-0.05, 0) is 36.6 Å². The van der Waals surface area contributed by atoms with E-state index in [1.54, 1.807) is 19.1 Å². The topological polar surface area (TPSA) is 98.2 Å². The minimum Gasteiger partial charge on any atom is -0.364 e. The van der Waals surface area contributed by atoms with Crippen molar-refractivity contribution in [3.8, 4) is 0 Å². The number of benzene rings is 1. The van der Waals surface area contributed by atoms with Crippen LogP contribution in [0.1, 0.15) is 22.4 Å². The number of sulfonamides is 1. The summed E-state index contributed by atoms with van der Waals surface area (Å²) in [4.78, 5) is 0.243. The van der Waals surface area contributed by atoms with E-state index in [4.69, 9.17) is 5.73 Å². The number of aryl methyl sites for hydroxylation is 2. The van der Waals surface area contributed by atoms with Crippen LogP contribution >= 0.6 is 0 Å². The molecule has 6 nitrogen and oxygen atoms in total. The molecule has 0 bridgehead atoms. The van der Waals surface area contributed by atoms with Crippen LogP contribution < -0.4 is 10.5 Å². The fourth-order valence-electron chi connectivity index (χ4n) is 1.96. The Kier molecular flexibility index (Phi) is 4.22. The number of rotatable bonds is 5. The van der Waals surface area contributed by atoms with Gasteiger partial charge in [-0.25, -0.2) is 13.1 Å². The molecule has 7 heteroatoms. The van der Waals surface area contributed by atoms with Crippen LogP contribution in [0.15, 0.2) is 33.9 Å². The summed E-state index contributed by atoms with van der Waals surface area (Å²) in [5.74, 6) is 0. The third-order valence-electron chi connectivity index (χ3n) is 3.08. The maximum Gasteiger partial charge on any atom is 0.241 e. The number of hydrogen-bond acceptors (Lipinski definition) is 5. The van der Waals surface area contributed by atoms with E-state index in [2.05, 4.69) is 14.4 Å². The van der Waals surface area contributed by atoms with Gasteiger partial charge in [-0.3, -0.25) is 0 Å². The zero-order chi connectivity index (χ0) is 14.8. The fourth-order valence-corrected chi connectivity index (χ4v) is 3.23. The van der Waals surface area contributed by atoms with Gasteiger partial charge in [-0.15, -0.1) is 0 Å². The van der Waals surface area contributed by atoms with E-state index in [0.29, 0.717) is 17.8 Å². The Labute approximate surface area is 118 Å². The van der Waals surface area contributed by atoms with Gasteiger partial charge in [-0.1, -0.05) is 11.2 Å². The second kappa shape index (κ2) is 5.74. The van der Waals surface area contributed by atoms with Crippen LogP contribution in [-0.2, 0) is 23.1 Å². The smallest absolute Gasteiger partial charge is 0.241 e. The predicted octanol–water partition coefficient (Wildman–Crippen LogP) is 1.23. The minimum absolute atomic E-state index is 0.0874. The van der Waals surface area contributed by atoms with Gasteiger partial charge in [0.15, 0.2) is 0 Å². The fraction of sp³-hybridized carbons (Fsp3) is 0.308. The molecule has 0 fully saturated rings. The highest BCUT2D eigenvalue weighted by Crippen LogP contribution is 2.20. The number of aromatic nitrogens is 1. The lowest BCUT2D eigenvalue weighted by Crippen LogP contribution is -2.24. The average Bonchev–Trinajstić information content (AvgIpc) is 2.89. The van der Waals surface area contributed by atoms with Crippen molar-refractivity contribution in [1.29, 1.82) is 0 Å². The lowest BCUT2D eigenvalue weighted by molar-refractivity contribution is 0.411. The molecule has 0 amide bonds. The van der Waals surface area contributed by atoms with Gasteiger partial charge >= 0.3 is 0 Å². The lowest BCUT2D eigenvalue weighted by atomic mass is 10.1. The molecule has 2 rings (SSSR count). The van der Waals surface area contributed by atoms with Crippen molar-refractivity contribution in [2.75, 3.05) is 0 Å². The number of nitrogens with zero attached hydrogens (tertiary/aromatic N) is 1. The van der Waals surface area contributed by atoms with E-state index in [1.807, 2.05) is 13.0 Å². The largest absolute Gasteiger partial charge is 0.364 e. The Hall–Kier alpha value is -1.70. The predicted molar refractivity (Wildman–Crippen MR) is 74.3 cm³/mol. The van der Waals surface area contributed by atoms with Crippen LogP contribution in [0, 0.1) is 13.8 Å². The highest BCUT2D eigenvalue weighted by atomic mass is 32.2. The maximum atomic E-state index is 12.3. The average molecular weight is 295 g/mol. The van der Waals surface area contributed by atoms with Crippen LogP contribution in [-0.4, -0.2) is 13.6 Å². The molecular formula is C13H17N3O3S. The van der Waals surface area contributed by atoms with Crippen LogP contribution in [0.2, 0.25) is 0 Å². The summed E-state index contributed by atoms with van der Waals surface area (Å²) in [5, 5.41) is 3.66. The van der Waals surface area contributed by atoms with Crippen molar-refractivity contribution < 1.29 is 12.9 Å². The molecule has 0 aliphatic heterocycles. The first-order valence-corrected chi connectivity index (χ1v) is 7.61. The molecule has 0 aliphatic rings. The van der Waals surface area contributed by atoms with Gasteiger partial charge < -0.3 is 10.3 Å². The van der Waals surface area contributed by atoms with Crippen molar-refractivity contribution in [3.63, 3.8) is 0 Å². The molecule has 0 unspecified atom stereocenters. The summed E-state index contributed by atoms with van der Waals surface area (Å²) in [7, 11) is -3.60. The summed E-state index contributed by atoms with van der Waals surface area (Å²) in [6.45, 7) is 4.06. The molecule has 1 heterocycles. The van der Waals surface area contributed by atoms with E-state index in [9.17, 15) is 8.42 Å². The van der Waals surface area contributed by atoms with Crippen molar-refractivity contribution in [1.82, 2.24) is 9.88 Å². The molecule has 20 heavy (non-hydrogen) atoms. The summed E-state index contributed by atoms with van der Waals surface area (Å²) in [6, 6.07) is 5.05. The number of nitrogens with one attached hydrogen (secondary N) is 1. The maximum absolute atomic E-state index is 12.3. The monoisotopic (exact) mass is 295 g/mol. The molecule has 3 N–H and O–H groups in total. The first-order chi connectivity index (χ1) is 9.44. The minimum atomic E-state index is -3.60. The standard InChI is InChI=1S/C13H17N3O3S/c1-9-5-10(2)13(6-11(9)7-14)20(17,18)15-8-12-3-4-19-16-12/h3-6,15H,7-8,14H2,1-2H3. The Morgan fingerprint density at radius 1 is 1.30 bits per heavy atom. The molecule has 0 spiro atoms. The molecule has 0 radical (unpaired) electrons. The Morgan fingerprint density at radius 2 is 2.05 bits per heavy atom. The Morgan fingerprint density at radius 3 is 2.65 bits per heavy atom. The van der Waals surface area contributed by atoms with Crippen LogP contribution in [0.25, 0.3) is 0 Å². The molecule has 0 atom stereocenters. The molecule has 108 valence electrons. The van der Waals surface area contributed by atoms with Crippen LogP contribution in [0.3, 0.4) is 0 Å². The van der Waals surface area contributed by atoms with Crippen molar-refractivity contribution in [2.24, 2.45) is 5.73 Å². The highest BCUT2D eigenvalue weighted by Gasteiger charge is 2.18. The van der Waals surface area contributed by atoms with Gasteiger partial charge in [0.05, 0.1) is 17.1 Å². The van der Waals surface area contributed by atoms with Gasteiger partial charge in [-0.2, -0.15) is 0 Å². The van der Waals surface area contributed by atoms with E-state index in [1.165, 1.54) is 6.26 Å². The summed E-state index contributed by atoms with van der Waals surface area (Å²) in [5.41, 5.74) is 8.64. The van der Waals surface area contributed by atoms with E-state index in [0.717, 1.165) is 11.1 Å². The Bertz CT molecular complexity index is 694. The Balaban J connectivity index is 2.29. The molecule has 0 saturated heterocycles. The van der Waals surface area contributed by atoms with E-state index < -0.39 is 10.0 Å². The molecule has 2 aromatic rings. The summed E-state index contributed by atoms with van der Waals surface area (Å²) in [6.07, 6.45) is 1.40. The quantitative estimate of drug-likeness (QED) is 0.864. The van der Waals surface area contributed by atoms with Gasteiger partial charge in [0.1, 0.15) is 6.26 Å². The summed E-state index contributed by atoms with van der Waals surface area (Å²) < 4.78 is 31.8. The highest BCUT2D eigenvalue weighted by molar-refractivity contribution is 7.89. The van der Waals surface area contributed by atoms with Crippen molar-refractivity contribution in [3.05, 3.63) is 46.8 Å². The zero-order valence-electron chi connectivity index (χ0n) is 11.4. The first kappa shape index (κ1) is 14.7. The number of nitrogens with two attached hydrogens (primary N) is 1. The molecule has 1 aromatic heterocycles. The van der Waals surface area contributed by atoms with E-state index in [-0.39, 0.29) is 11.4 Å². The first-order valence-electron chi connectivity index (χ1n) is 6.13. The molecule has 0 saturated carbocycles. The van der Waals surface area contributed by atoms with Gasteiger partial charge in [0.25, 0.3) is 0 Å². The second-order valence-corrected chi connectivity index (χ2v) is 6.30. The van der Waals surface area contributed by atoms with Crippen molar-refractivity contribution in [2.45, 2.75) is 31.8 Å². The summed E-state index contributed by atoms with van der Waals surface area (Å²) >= 11 is 0. The zero-order valence-corrected chi connectivity index (χ0v) is 12.2. The van der Waals surface area contributed by atoms with E-state index >= 15 is 0 Å². The molecule has 1 aromatic carbocycles. The SMILES string of the molecule is Cc1cc(C)c(S(=O)(=O)NCc2ccon2)cc1CN. The van der Waals surface area contributed by atoms with Gasteiger partial charge in [0, 0.05) is 12.6 Å². The second-order valence-electron chi connectivity index (χ2n) is 4.56. The number of hydrogen-bond donors (Lipinski definition) is 2. The van der Waals surface area contributed by atoms with Crippen LogP contribution in [0.5, 0.6) is 0 Å².